The van der Waals surface area contributed by atoms with Crippen molar-refractivity contribution in [1.82, 2.24) is 5.32 Å². The second-order valence-electron chi connectivity index (χ2n) is 5.55. The zero-order chi connectivity index (χ0) is 12.9. The quantitative estimate of drug-likeness (QED) is 0.709. The molecule has 0 aliphatic heterocycles. The summed E-state index contributed by atoms with van der Waals surface area (Å²) >= 11 is 1.34. The minimum absolute atomic E-state index is 0.0380. The first-order valence-corrected chi connectivity index (χ1v) is 7.10. The zero-order valence-electron chi connectivity index (χ0n) is 11.0. The van der Waals surface area contributed by atoms with E-state index < -0.39 is 0 Å². The molecule has 1 aliphatic carbocycles. The normalized spacial score (nSPS) is 26.1. The first-order chi connectivity index (χ1) is 7.88. The number of carbonyl (C=O) groups is 1. The molecule has 2 atom stereocenters. The van der Waals surface area contributed by atoms with Crippen molar-refractivity contribution >= 4 is 17.0 Å². The van der Waals surface area contributed by atoms with Crippen molar-refractivity contribution in [2.45, 2.75) is 63.3 Å². The number of rotatable bonds is 1. The fraction of sp³-hybridized carbons (Fsp3) is 0.769. The van der Waals surface area contributed by atoms with Crippen molar-refractivity contribution in [2.75, 3.05) is 0 Å². The highest BCUT2D eigenvalue weighted by atomic mass is 32.2. The molecule has 1 aliphatic rings. The van der Waals surface area contributed by atoms with E-state index in [0.717, 1.165) is 25.7 Å². The van der Waals surface area contributed by atoms with Gasteiger partial charge >= 0.3 is 0 Å². The highest BCUT2D eigenvalue weighted by Crippen LogP contribution is 2.24. The Morgan fingerprint density at radius 1 is 1.41 bits per heavy atom. The molecule has 0 radical (unpaired) electrons. The Labute approximate surface area is 109 Å². The molecule has 1 amide bonds. The van der Waals surface area contributed by atoms with Crippen LogP contribution in [0.5, 0.6) is 0 Å². The molecule has 17 heavy (non-hydrogen) atoms. The molecule has 3 nitrogen and oxygen atoms in total. The summed E-state index contributed by atoms with van der Waals surface area (Å²) < 4.78 is -0.0459. The molecule has 98 valence electrons. The lowest BCUT2D eigenvalue weighted by molar-refractivity contribution is 0.253. The Morgan fingerprint density at radius 3 is 2.76 bits per heavy atom. The third kappa shape index (κ3) is 6.13. The first-order valence-electron chi connectivity index (χ1n) is 6.28. The summed E-state index contributed by atoms with van der Waals surface area (Å²) in [5.41, 5.74) is 6.09. The molecule has 0 saturated carbocycles. The van der Waals surface area contributed by atoms with Crippen LogP contribution in [0.25, 0.3) is 0 Å². The van der Waals surface area contributed by atoms with Gasteiger partial charge in [0.1, 0.15) is 0 Å². The maximum atomic E-state index is 11.8. The maximum Gasteiger partial charge on any atom is 0.279 e. The summed E-state index contributed by atoms with van der Waals surface area (Å²) in [7, 11) is 0. The van der Waals surface area contributed by atoms with Crippen LogP contribution in [-0.2, 0) is 0 Å². The van der Waals surface area contributed by atoms with Gasteiger partial charge in [0.2, 0.25) is 0 Å². The predicted molar refractivity (Wildman–Crippen MR) is 75.2 cm³/mol. The second kappa shape index (κ2) is 6.45. The minimum Gasteiger partial charge on any atom is -0.343 e. The summed E-state index contributed by atoms with van der Waals surface area (Å²) in [6.45, 7) is 6.12. The van der Waals surface area contributed by atoms with Crippen LogP contribution in [0.3, 0.4) is 0 Å². The van der Waals surface area contributed by atoms with Crippen LogP contribution in [0, 0.1) is 0 Å². The van der Waals surface area contributed by atoms with Gasteiger partial charge < -0.3 is 11.1 Å². The number of allylic oxidation sites excluding steroid dienone is 1. The highest BCUT2D eigenvalue weighted by Gasteiger charge is 2.23. The van der Waals surface area contributed by atoms with Crippen molar-refractivity contribution in [3.05, 3.63) is 12.2 Å². The number of carbonyl (C=O) groups excluding carboxylic acids is 1. The van der Waals surface area contributed by atoms with Gasteiger partial charge in [0.25, 0.3) is 5.24 Å². The molecule has 0 aromatic heterocycles. The fourth-order valence-corrected chi connectivity index (χ4v) is 2.61. The molecule has 0 heterocycles. The lowest BCUT2D eigenvalue weighted by Gasteiger charge is -2.27. The van der Waals surface area contributed by atoms with E-state index in [1.165, 1.54) is 11.8 Å². The summed E-state index contributed by atoms with van der Waals surface area (Å²) in [5.74, 6) is 0. The maximum absolute atomic E-state index is 11.8. The monoisotopic (exact) mass is 256 g/mol. The smallest absolute Gasteiger partial charge is 0.279 e. The third-order valence-electron chi connectivity index (χ3n) is 2.68. The van der Waals surface area contributed by atoms with Gasteiger partial charge in [0.05, 0.1) is 0 Å². The summed E-state index contributed by atoms with van der Waals surface area (Å²) in [4.78, 5) is 11.8. The highest BCUT2D eigenvalue weighted by molar-refractivity contribution is 8.14. The molecule has 0 saturated heterocycles. The average molecular weight is 256 g/mol. The first kappa shape index (κ1) is 14.6. The zero-order valence-corrected chi connectivity index (χ0v) is 11.8. The Kier molecular flexibility index (Phi) is 5.53. The summed E-state index contributed by atoms with van der Waals surface area (Å²) in [5, 5.41) is 3.10. The van der Waals surface area contributed by atoms with Gasteiger partial charge in [-0.2, -0.15) is 0 Å². The predicted octanol–water partition coefficient (Wildman–Crippen LogP) is 3.05. The van der Waals surface area contributed by atoms with E-state index in [1.54, 1.807) is 0 Å². The van der Waals surface area contributed by atoms with Gasteiger partial charge in [-0.1, -0.05) is 44.7 Å². The van der Waals surface area contributed by atoms with Crippen LogP contribution >= 0.6 is 11.8 Å². The van der Waals surface area contributed by atoms with Crippen LogP contribution in [0.1, 0.15) is 46.5 Å². The van der Waals surface area contributed by atoms with Crippen LogP contribution in [0.15, 0.2) is 12.2 Å². The molecular weight excluding hydrogens is 232 g/mol. The van der Waals surface area contributed by atoms with Crippen molar-refractivity contribution in [3.8, 4) is 0 Å². The lowest BCUT2D eigenvalue weighted by atomic mass is 9.97. The Hall–Kier alpha value is -0.480. The van der Waals surface area contributed by atoms with Gasteiger partial charge in [-0.05, 0) is 25.7 Å². The van der Waals surface area contributed by atoms with Crippen molar-refractivity contribution in [2.24, 2.45) is 5.73 Å². The Bertz CT molecular complexity index is 284. The topological polar surface area (TPSA) is 55.1 Å². The SMILES string of the molecule is CC(C)(C)SC(=O)NC1CCCC=CC[C@@H]1N. The van der Waals surface area contributed by atoms with Gasteiger partial charge in [-0.15, -0.1) is 0 Å². The van der Waals surface area contributed by atoms with Crippen LogP contribution < -0.4 is 11.1 Å². The molecule has 1 unspecified atom stereocenters. The Morgan fingerprint density at radius 2 is 2.12 bits per heavy atom. The number of amides is 1. The van der Waals surface area contributed by atoms with Gasteiger partial charge in [0, 0.05) is 16.8 Å². The third-order valence-corrected chi connectivity index (χ3v) is 3.60. The largest absolute Gasteiger partial charge is 0.343 e. The number of nitrogens with one attached hydrogen (secondary N) is 1. The molecule has 4 heteroatoms. The number of hydrogen-bond donors (Lipinski definition) is 2. The van der Waals surface area contributed by atoms with Crippen LogP contribution in [0.2, 0.25) is 0 Å². The standard InChI is InChI=1S/C13H24N2OS/c1-13(2,3)17-12(16)15-11-9-7-5-4-6-8-10(11)14/h4,6,10-11H,5,7-9,14H2,1-3H3,(H,15,16)/t10-,11?/m0/s1. The van der Waals surface area contributed by atoms with E-state index in [9.17, 15) is 4.79 Å². The molecule has 3 N–H and O–H groups in total. The van der Waals surface area contributed by atoms with Crippen molar-refractivity contribution in [3.63, 3.8) is 0 Å². The number of thioether (sulfide) groups is 1. The molecular formula is C13H24N2OS. The molecule has 0 aromatic carbocycles. The van der Waals surface area contributed by atoms with E-state index in [1.807, 2.05) is 20.8 Å². The van der Waals surface area contributed by atoms with Gasteiger partial charge in [-0.3, -0.25) is 4.79 Å². The lowest BCUT2D eigenvalue weighted by Crippen LogP contribution is -2.47. The number of nitrogens with two attached hydrogens (primary N) is 1. The average Bonchev–Trinajstić information content (AvgIpc) is 2.15. The van der Waals surface area contributed by atoms with Gasteiger partial charge in [-0.25, -0.2) is 0 Å². The molecule has 0 bridgehead atoms. The van der Waals surface area contributed by atoms with Gasteiger partial charge in [0.15, 0.2) is 0 Å². The summed E-state index contributed by atoms with van der Waals surface area (Å²) in [6, 6.07) is 0.151. The van der Waals surface area contributed by atoms with Crippen molar-refractivity contribution < 1.29 is 4.79 Å². The van der Waals surface area contributed by atoms with E-state index >= 15 is 0 Å². The van der Waals surface area contributed by atoms with E-state index in [2.05, 4.69) is 17.5 Å². The molecule has 0 spiro atoms. The van der Waals surface area contributed by atoms with E-state index in [-0.39, 0.29) is 22.1 Å². The summed E-state index contributed by atoms with van der Waals surface area (Å²) in [6.07, 6.45) is 8.32. The van der Waals surface area contributed by atoms with E-state index in [4.69, 9.17) is 5.73 Å². The molecule has 1 rings (SSSR count). The second-order valence-corrected chi connectivity index (χ2v) is 7.35. The van der Waals surface area contributed by atoms with Crippen LogP contribution in [0.4, 0.5) is 4.79 Å². The molecule has 0 aromatic rings. The fourth-order valence-electron chi connectivity index (χ4n) is 1.84. The number of hydrogen-bond acceptors (Lipinski definition) is 3. The van der Waals surface area contributed by atoms with Crippen LogP contribution in [-0.4, -0.2) is 22.1 Å². The van der Waals surface area contributed by atoms with E-state index in [0.29, 0.717) is 0 Å². The molecule has 0 fully saturated rings. The Balaban J connectivity index is 2.48. The minimum atomic E-state index is -0.0459. The van der Waals surface area contributed by atoms with Crippen molar-refractivity contribution in [1.29, 1.82) is 0 Å².